The Morgan fingerprint density at radius 3 is 2.57 bits per heavy atom. The number of amides is 2. The Balaban J connectivity index is 2.02. The van der Waals surface area contributed by atoms with E-state index >= 15 is 0 Å². The number of hydrogen-bond donors (Lipinski definition) is 3. The van der Waals surface area contributed by atoms with Crippen LogP contribution in [0.4, 0.5) is 0 Å². The van der Waals surface area contributed by atoms with Gasteiger partial charge in [-0.15, -0.1) is 0 Å². The van der Waals surface area contributed by atoms with Gasteiger partial charge >= 0.3 is 5.97 Å². The van der Waals surface area contributed by atoms with Gasteiger partial charge in [-0.25, -0.2) is 0 Å². The lowest BCUT2D eigenvalue weighted by molar-refractivity contribution is -0.140. The number of carboxylic acid groups (broad SMARTS) is 1. The van der Waals surface area contributed by atoms with Crippen molar-refractivity contribution in [2.75, 3.05) is 13.1 Å². The van der Waals surface area contributed by atoms with Crippen LogP contribution in [0.2, 0.25) is 0 Å². The molecule has 0 spiro atoms. The van der Waals surface area contributed by atoms with Crippen molar-refractivity contribution >= 4 is 34.1 Å². The zero-order valence-corrected chi connectivity index (χ0v) is 16.4. The summed E-state index contributed by atoms with van der Waals surface area (Å²) in [6.07, 6.45) is 0.402. The molecule has 28 heavy (non-hydrogen) atoms. The monoisotopic (exact) mass is 408 g/mol. The lowest BCUT2D eigenvalue weighted by Crippen LogP contribution is -2.42. The van der Waals surface area contributed by atoms with Crippen molar-refractivity contribution in [1.29, 1.82) is 0 Å². The number of thiazole rings is 1. The second-order valence-corrected chi connectivity index (χ2v) is 8.57. The minimum Gasteiger partial charge on any atom is -0.492 e. The number of aromatic nitrogens is 2. The second kappa shape index (κ2) is 6.89. The molecule has 0 atom stereocenters. The highest BCUT2D eigenvalue weighted by Crippen LogP contribution is 2.30. The van der Waals surface area contributed by atoms with Crippen molar-refractivity contribution in [2.45, 2.75) is 33.7 Å². The molecule has 2 amide bonds. The van der Waals surface area contributed by atoms with E-state index in [0.29, 0.717) is 25.2 Å². The Morgan fingerprint density at radius 2 is 1.96 bits per heavy atom. The average Bonchev–Trinajstić information content (AvgIpc) is 2.95. The third kappa shape index (κ3) is 3.44. The number of nitrogens with one attached hydrogen (secondary N) is 1. The fraction of sp³-hybridized carbons (Fsp3) is 0.471. The van der Waals surface area contributed by atoms with E-state index in [9.17, 15) is 24.3 Å². The first-order valence-corrected chi connectivity index (χ1v) is 9.38. The summed E-state index contributed by atoms with van der Waals surface area (Å²) in [7, 11) is 0. The Bertz CT molecular complexity index is 1050. The molecule has 0 aromatic carbocycles. The van der Waals surface area contributed by atoms with Crippen LogP contribution in [0.15, 0.2) is 4.79 Å². The van der Waals surface area contributed by atoms with E-state index in [0.717, 1.165) is 4.88 Å². The van der Waals surface area contributed by atoms with Gasteiger partial charge < -0.3 is 20.4 Å². The van der Waals surface area contributed by atoms with Crippen LogP contribution in [0.5, 0.6) is 5.88 Å². The summed E-state index contributed by atoms with van der Waals surface area (Å²) in [6, 6.07) is 0. The van der Waals surface area contributed by atoms with Gasteiger partial charge in [0.25, 0.3) is 11.5 Å². The number of carbonyl (C=O) groups is 3. The summed E-state index contributed by atoms with van der Waals surface area (Å²) in [5, 5.41) is 20.8. The third-order valence-corrected chi connectivity index (χ3v) is 5.42. The molecule has 2 aromatic rings. The van der Waals surface area contributed by atoms with E-state index in [4.69, 9.17) is 5.11 Å². The maximum Gasteiger partial charge on any atom is 0.322 e. The van der Waals surface area contributed by atoms with Gasteiger partial charge in [-0.05, 0) is 0 Å². The minimum atomic E-state index is -1.28. The number of fused-ring (bicyclic) bond motifs is 3. The highest BCUT2D eigenvalue weighted by atomic mass is 32.1. The van der Waals surface area contributed by atoms with Gasteiger partial charge in [0.2, 0.25) is 16.7 Å². The topological polar surface area (TPSA) is 141 Å². The SMILES string of the molecule is CC(C)(C)C(=O)N1CCc2c(sc3nc(O)c(C(=O)NCC(=O)O)c(=O)n23)C1. The number of hydrogen-bond acceptors (Lipinski definition) is 7. The summed E-state index contributed by atoms with van der Waals surface area (Å²) >= 11 is 1.17. The Kier molecular flexibility index (Phi) is 4.88. The van der Waals surface area contributed by atoms with Crippen molar-refractivity contribution in [3.63, 3.8) is 0 Å². The molecule has 0 fully saturated rings. The standard InChI is InChI=1S/C17H20N4O6S/c1-17(2,3)15(27)20-5-4-8-9(7-20)28-16-19-13(25)11(14(26)21(8)16)12(24)18-6-10(22)23/h25H,4-7H2,1-3H3,(H,18,24)(H,22,23). The molecule has 0 saturated carbocycles. The first-order valence-electron chi connectivity index (χ1n) is 8.56. The smallest absolute Gasteiger partial charge is 0.322 e. The fourth-order valence-electron chi connectivity index (χ4n) is 3.05. The number of carbonyl (C=O) groups excluding carboxylic acids is 2. The molecule has 0 saturated heterocycles. The van der Waals surface area contributed by atoms with Crippen LogP contribution in [-0.2, 0) is 22.6 Å². The van der Waals surface area contributed by atoms with E-state index in [1.165, 1.54) is 15.7 Å². The molecular formula is C17H20N4O6S. The summed E-state index contributed by atoms with van der Waals surface area (Å²) in [5.74, 6) is -3.05. The lowest BCUT2D eigenvalue weighted by atomic mass is 9.94. The van der Waals surface area contributed by atoms with Crippen LogP contribution in [0.1, 0.15) is 41.7 Å². The van der Waals surface area contributed by atoms with Crippen molar-refractivity contribution in [3.8, 4) is 5.88 Å². The largest absolute Gasteiger partial charge is 0.492 e. The zero-order chi connectivity index (χ0) is 20.8. The van der Waals surface area contributed by atoms with E-state index in [1.54, 1.807) is 4.90 Å². The third-order valence-electron chi connectivity index (χ3n) is 4.35. The molecule has 2 aromatic heterocycles. The molecule has 11 heteroatoms. The van der Waals surface area contributed by atoms with Gasteiger partial charge in [-0.3, -0.25) is 23.6 Å². The van der Waals surface area contributed by atoms with Gasteiger partial charge in [0.1, 0.15) is 6.54 Å². The number of aromatic hydroxyl groups is 1. The summed E-state index contributed by atoms with van der Waals surface area (Å²) in [5.41, 5.74) is -1.26. The van der Waals surface area contributed by atoms with Crippen LogP contribution in [0, 0.1) is 5.41 Å². The molecule has 3 N–H and O–H groups in total. The molecule has 0 aliphatic carbocycles. The van der Waals surface area contributed by atoms with Crippen LogP contribution < -0.4 is 10.9 Å². The molecule has 1 aliphatic rings. The molecule has 0 unspecified atom stereocenters. The number of rotatable bonds is 3. The van der Waals surface area contributed by atoms with E-state index < -0.39 is 40.8 Å². The second-order valence-electron chi connectivity index (χ2n) is 7.51. The van der Waals surface area contributed by atoms with Crippen LogP contribution in [0.3, 0.4) is 0 Å². The van der Waals surface area contributed by atoms with Crippen molar-refractivity contribution in [2.24, 2.45) is 5.41 Å². The van der Waals surface area contributed by atoms with Crippen molar-refractivity contribution < 1.29 is 24.6 Å². The van der Waals surface area contributed by atoms with Gasteiger partial charge in [0, 0.05) is 29.0 Å². The first-order chi connectivity index (χ1) is 13.0. The predicted molar refractivity (Wildman–Crippen MR) is 99.5 cm³/mol. The number of carboxylic acids is 1. The van der Waals surface area contributed by atoms with E-state index in [2.05, 4.69) is 10.3 Å². The predicted octanol–water partition coefficient (Wildman–Crippen LogP) is 0.207. The maximum atomic E-state index is 12.8. The van der Waals surface area contributed by atoms with Gasteiger partial charge in [-0.2, -0.15) is 4.98 Å². The van der Waals surface area contributed by atoms with Crippen LogP contribution in [0.25, 0.3) is 4.96 Å². The molecule has 10 nitrogen and oxygen atoms in total. The molecular weight excluding hydrogens is 388 g/mol. The number of aliphatic carboxylic acids is 1. The highest BCUT2D eigenvalue weighted by molar-refractivity contribution is 7.17. The highest BCUT2D eigenvalue weighted by Gasteiger charge is 2.32. The van der Waals surface area contributed by atoms with Crippen LogP contribution >= 0.6 is 11.3 Å². The zero-order valence-electron chi connectivity index (χ0n) is 15.6. The van der Waals surface area contributed by atoms with E-state index in [1.807, 2.05) is 20.8 Å². The van der Waals surface area contributed by atoms with Crippen molar-refractivity contribution in [1.82, 2.24) is 19.6 Å². The summed E-state index contributed by atoms with van der Waals surface area (Å²) in [4.78, 5) is 54.7. The van der Waals surface area contributed by atoms with Gasteiger partial charge in [0.05, 0.1) is 6.54 Å². The molecule has 3 rings (SSSR count). The van der Waals surface area contributed by atoms with Crippen LogP contribution in [-0.4, -0.2) is 55.4 Å². The van der Waals surface area contributed by atoms with Gasteiger partial charge in [0.15, 0.2) is 5.56 Å². The lowest BCUT2D eigenvalue weighted by Gasteiger charge is -2.32. The van der Waals surface area contributed by atoms with Gasteiger partial charge in [-0.1, -0.05) is 32.1 Å². The molecule has 1 aliphatic heterocycles. The molecule has 0 bridgehead atoms. The average molecular weight is 408 g/mol. The Morgan fingerprint density at radius 1 is 1.29 bits per heavy atom. The molecule has 0 radical (unpaired) electrons. The first kappa shape index (κ1) is 19.8. The fourth-order valence-corrected chi connectivity index (χ4v) is 4.22. The molecule has 150 valence electrons. The minimum absolute atomic E-state index is 0.00695. The van der Waals surface area contributed by atoms with Crippen molar-refractivity contribution in [3.05, 3.63) is 26.5 Å². The summed E-state index contributed by atoms with van der Waals surface area (Å²) in [6.45, 7) is 5.56. The Labute approximate surface area is 163 Å². The Hall–Kier alpha value is -2.95. The number of nitrogens with zero attached hydrogens (tertiary/aromatic N) is 3. The molecule has 3 heterocycles. The maximum absolute atomic E-state index is 12.8. The summed E-state index contributed by atoms with van der Waals surface area (Å²) < 4.78 is 1.26. The quantitative estimate of drug-likeness (QED) is 0.659. The van der Waals surface area contributed by atoms with E-state index in [-0.39, 0.29) is 10.9 Å². The normalized spacial score (nSPS) is 14.0.